The minimum absolute atomic E-state index is 0.788. The van der Waals surface area contributed by atoms with E-state index in [1.165, 1.54) is 51.9 Å². The zero-order valence-corrected chi connectivity index (χ0v) is 12.3. The molecule has 0 N–H and O–H groups in total. The summed E-state index contributed by atoms with van der Waals surface area (Å²) in [6, 6.07) is 0.871. The van der Waals surface area contributed by atoms with Crippen LogP contribution in [0.25, 0.3) is 0 Å². The first-order chi connectivity index (χ1) is 8.24. The second kappa shape index (κ2) is 6.44. The summed E-state index contributed by atoms with van der Waals surface area (Å²) in [6.07, 6.45) is 5.50. The van der Waals surface area contributed by atoms with Gasteiger partial charge in [0.1, 0.15) is 0 Å². The third-order valence-electron chi connectivity index (χ3n) is 4.78. The van der Waals surface area contributed by atoms with Crippen molar-refractivity contribution in [3.8, 4) is 0 Å². The van der Waals surface area contributed by atoms with Crippen LogP contribution in [0.1, 0.15) is 32.6 Å². The molecule has 0 bridgehead atoms. The summed E-state index contributed by atoms with van der Waals surface area (Å²) in [4.78, 5) is 5.30. The summed E-state index contributed by atoms with van der Waals surface area (Å²) in [6.45, 7) is 7.51. The van der Waals surface area contributed by atoms with E-state index < -0.39 is 0 Å². The molecule has 2 nitrogen and oxygen atoms in total. The van der Waals surface area contributed by atoms with E-state index in [9.17, 15) is 0 Å². The molecular formula is C14H28N2S. The SMILES string of the molecule is CCC(CS)CN1CCC2C(CCCN2C)C1. The summed E-state index contributed by atoms with van der Waals surface area (Å²) < 4.78 is 0. The molecule has 2 aliphatic rings. The lowest BCUT2D eigenvalue weighted by atomic mass is 9.84. The van der Waals surface area contributed by atoms with Crippen LogP contribution < -0.4 is 0 Å². The molecule has 3 unspecified atom stereocenters. The third-order valence-corrected chi connectivity index (χ3v) is 5.30. The molecule has 2 fully saturated rings. The Balaban J connectivity index is 1.84. The molecule has 0 saturated carbocycles. The van der Waals surface area contributed by atoms with Gasteiger partial charge in [-0.3, -0.25) is 0 Å². The molecule has 2 heterocycles. The first kappa shape index (κ1) is 13.7. The van der Waals surface area contributed by atoms with Crippen LogP contribution in [-0.2, 0) is 0 Å². The lowest BCUT2D eigenvalue weighted by molar-refractivity contribution is 0.0335. The van der Waals surface area contributed by atoms with E-state index in [0.29, 0.717) is 0 Å². The Morgan fingerprint density at radius 1 is 1.29 bits per heavy atom. The second-order valence-corrected chi connectivity index (χ2v) is 6.32. The lowest BCUT2D eigenvalue weighted by Crippen LogP contribution is -2.53. The largest absolute Gasteiger partial charge is 0.303 e. The number of rotatable bonds is 4. The predicted molar refractivity (Wildman–Crippen MR) is 77.8 cm³/mol. The van der Waals surface area contributed by atoms with E-state index in [4.69, 9.17) is 0 Å². The molecule has 100 valence electrons. The van der Waals surface area contributed by atoms with Crippen LogP contribution in [0, 0.1) is 11.8 Å². The van der Waals surface area contributed by atoms with Gasteiger partial charge in [-0.1, -0.05) is 13.3 Å². The molecule has 2 rings (SSSR count). The van der Waals surface area contributed by atoms with Crippen molar-refractivity contribution >= 4 is 12.6 Å². The number of hydrogen-bond acceptors (Lipinski definition) is 3. The van der Waals surface area contributed by atoms with Crippen LogP contribution in [0.15, 0.2) is 0 Å². The summed E-state index contributed by atoms with van der Waals surface area (Å²) in [5.41, 5.74) is 0. The molecule has 0 spiro atoms. The zero-order valence-electron chi connectivity index (χ0n) is 11.4. The highest BCUT2D eigenvalue weighted by Gasteiger charge is 2.34. The maximum Gasteiger partial charge on any atom is 0.0145 e. The Morgan fingerprint density at radius 3 is 2.82 bits per heavy atom. The number of fused-ring (bicyclic) bond motifs is 1. The first-order valence-electron chi connectivity index (χ1n) is 7.28. The van der Waals surface area contributed by atoms with Gasteiger partial charge in [0.25, 0.3) is 0 Å². The van der Waals surface area contributed by atoms with Crippen LogP contribution in [0.5, 0.6) is 0 Å². The molecule has 2 saturated heterocycles. The highest BCUT2D eigenvalue weighted by Crippen LogP contribution is 2.30. The van der Waals surface area contributed by atoms with Crippen LogP contribution in [0.3, 0.4) is 0 Å². The van der Waals surface area contributed by atoms with Crippen molar-refractivity contribution in [2.45, 2.75) is 38.6 Å². The molecule has 0 radical (unpaired) electrons. The van der Waals surface area contributed by atoms with E-state index in [1.807, 2.05) is 0 Å². The number of nitrogens with zero attached hydrogens (tertiary/aromatic N) is 2. The zero-order chi connectivity index (χ0) is 12.3. The fraction of sp³-hybridized carbons (Fsp3) is 1.00. The maximum absolute atomic E-state index is 4.47. The third kappa shape index (κ3) is 3.39. The van der Waals surface area contributed by atoms with Gasteiger partial charge in [0.05, 0.1) is 0 Å². The van der Waals surface area contributed by atoms with Crippen LogP contribution in [0.4, 0.5) is 0 Å². The number of likely N-dealkylation sites (tertiary alicyclic amines) is 2. The summed E-state index contributed by atoms with van der Waals surface area (Å²) in [5, 5.41) is 0. The molecule has 3 atom stereocenters. The summed E-state index contributed by atoms with van der Waals surface area (Å²) >= 11 is 4.47. The van der Waals surface area contributed by atoms with Crippen molar-refractivity contribution < 1.29 is 0 Å². The highest BCUT2D eigenvalue weighted by molar-refractivity contribution is 7.80. The van der Waals surface area contributed by atoms with Crippen molar-refractivity contribution in [1.29, 1.82) is 0 Å². The van der Waals surface area contributed by atoms with Crippen molar-refractivity contribution in [2.75, 3.05) is 39.0 Å². The van der Waals surface area contributed by atoms with Crippen molar-refractivity contribution in [2.24, 2.45) is 11.8 Å². The molecule has 2 aliphatic heterocycles. The Kier molecular flexibility index (Phi) is 5.19. The molecule has 0 aromatic heterocycles. The number of piperidine rings is 2. The second-order valence-electron chi connectivity index (χ2n) is 5.96. The summed E-state index contributed by atoms with van der Waals surface area (Å²) in [7, 11) is 2.31. The normalized spacial score (nSPS) is 33.4. The van der Waals surface area contributed by atoms with Gasteiger partial charge in [-0.05, 0) is 57.0 Å². The Bertz CT molecular complexity index is 230. The summed E-state index contributed by atoms with van der Waals surface area (Å²) in [5.74, 6) is 2.76. The predicted octanol–water partition coefficient (Wildman–Crippen LogP) is 2.36. The lowest BCUT2D eigenvalue weighted by Gasteiger charge is -2.46. The van der Waals surface area contributed by atoms with Crippen molar-refractivity contribution in [3.63, 3.8) is 0 Å². The maximum atomic E-state index is 4.47. The van der Waals surface area contributed by atoms with E-state index in [-0.39, 0.29) is 0 Å². The van der Waals surface area contributed by atoms with E-state index in [0.717, 1.165) is 23.6 Å². The number of thiol groups is 1. The standard InChI is InChI=1S/C14H28N2S/c1-3-12(11-17)9-16-8-6-14-13(10-16)5-4-7-15(14)2/h12-14,17H,3-11H2,1-2H3. The van der Waals surface area contributed by atoms with Gasteiger partial charge < -0.3 is 9.80 Å². The van der Waals surface area contributed by atoms with Gasteiger partial charge in [-0.25, -0.2) is 0 Å². The van der Waals surface area contributed by atoms with E-state index >= 15 is 0 Å². The molecule has 0 aliphatic carbocycles. The molecule has 17 heavy (non-hydrogen) atoms. The molecule has 3 heteroatoms. The van der Waals surface area contributed by atoms with Crippen LogP contribution in [-0.4, -0.2) is 54.8 Å². The average molecular weight is 256 g/mol. The van der Waals surface area contributed by atoms with Gasteiger partial charge in [0.2, 0.25) is 0 Å². The minimum Gasteiger partial charge on any atom is -0.303 e. The average Bonchev–Trinajstić information content (AvgIpc) is 2.36. The van der Waals surface area contributed by atoms with Crippen LogP contribution in [0.2, 0.25) is 0 Å². The molecule has 0 aromatic carbocycles. The number of hydrogen-bond donors (Lipinski definition) is 1. The quantitative estimate of drug-likeness (QED) is 0.772. The highest BCUT2D eigenvalue weighted by atomic mass is 32.1. The molecular weight excluding hydrogens is 228 g/mol. The van der Waals surface area contributed by atoms with Gasteiger partial charge >= 0.3 is 0 Å². The van der Waals surface area contributed by atoms with Gasteiger partial charge in [0, 0.05) is 19.1 Å². The first-order valence-corrected chi connectivity index (χ1v) is 7.91. The van der Waals surface area contributed by atoms with Gasteiger partial charge in [-0.2, -0.15) is 12.6 Å². The Labute approximate surface area is 112 Å². The van der Waals surface area contributed by atoms with Crippen molar-refractivity contribution in [1.82, 2.24) is 9.80 Å². The Morgan fingerprint density at radius 2 is 2.12 bits per heavy atom. The van der Waals surface area contributed by atoms with Crippen LogP contribution >= 0.6 is 12.6 Å². The Hall–Kier alpha value is 0.270. The van der Waals surface area contributed by atoms with E-state index in [1.54, 1.807) is 0 Å². The topological polar surface area (TPSA) is 6.48 Å². The fourth-order valence-electron chi connectivity index (χ4n) is 3.57. The minimum atomic E-state index is 0.788. The molecule has 0 aromatic rings. The smallest absolute Gasteiger partial charge is 0.0145 e. The fourth-order valence-corrected chi connectivity index (χ4v) is 3.95. The monoisotopic (exact) mass is 256 g/mol. The van der Waals surface area contributed by atoms with E-state index in [2.05, 4.69) is 36.4 Å². The van der Waals surface area contributed by atoms with Crippen molar-refractivity contribution in [3.05, 3.63) is 0 Å². The van der Waals surface area contributed by atoms with Gasteiger partial charge in [-0.15, -0.1) is 0 Å². The molecule has 0 amide bonds. The van der Waals surface area contributed by atoms with Gasteiger partial charge in [0.15, 0.2) is 0 Å².